The van der Waals surface area contributed by atoms with E-state index in [4.69, 9.17) is 9.84 Å². The summed E-state index contributed by atoms with van der Waals surface area (Å²) in [6, 6.07) is 7.74. The third kappa shape index (κ3) is 6.05. The van der Waals surface area contributed by atoms with Crippen LogP contribution in [-0.4, -0.2) is 41.6 Å². The van der Waals surface area contributed by atoms with Gasteiger partial charge in [0, 0.05) is 18.7 Å². The van der Waals surface area contributed by atoms with Gasteiger partial charge in [-0.2, -0.15) is 0 Å². The minimum atomic E-state index is -0.572. The largest absolute Gasteiger partial charge is 0.491 e. The molecule has 1 aromatic carbocycles. The molecular weight excluding hydrogens is 242 g/mol. The van der Waals surface area contributed by atoms with Crippen LogP contribution < -0.4 is 10.1 Å². The van der Waals surface area contributed by atoms with Crippen LogP contribution in [0.15, 0.2) is 24.3 Å². The third-order valence-corrected chi connectivity index (χ3v) is 3.08. The van der Waals surface area contributed by atoms with Gasteiger partial charge in [0.1, 0.15) is 18.5 Å². The summed E-state index contributed by atoms with van der Waals surface area (Å²) in [5, 5.41) is 22.0. The lowest BCUT2D eigenvalue weighted by atomic mass is 10.0. The first-order valence-corrected chi connectivity index (χ1v) is 6.67. The lowest BCUT2D eigenvalue weighted by molar-refractivity contribution is 0.0957. The van der Waals surface area contributed by atoms with Gasteiger partial charge in [-0.15, -0.1) is 0 Å². The Morgan fingerprint density at radius 2 is 2.00 bits per heavy atom. The Morgan fingerprint density at radius 1 is 1.32 bits per heavy atom. The zero-order chi connectivity index (χ0) is 14.3. The molecule has 0 aliphatic carbocycles. The molecule has 0 saturated carbocycles. The van der Waals surface area contributed by atoms with Crippen molar-refractivity contribution in [1.29, 1.82) is 0 Å². The van der Waals surface area contributed by atoms with Crippen molar-refractivity contribution in [3.63, 3.8) is 0 Å². The summed E-state index contributed by atoms with van der Waals surface area (Å²) in [7, 11) is 0. The zero-order valence-corrected chi connectivity index (χ0v) is 12.0. The fraction of sp³-hybridized carbons (Fsp3) is 0.600. The van der Waals surface area contributed by atoms with E-state index in [1.54, 1.807) is 0 Å². The van der Waals surface area contributed by atoms with Crippen molar-refractivity contribution in [1.82, 2.24) is 5.32 Å². The van der Waals surface area contributed by atoms with E-state index in [1.165, 1.54) is 0 Å². The van der Waals surface area contributed by atoms with E-state index in [9.17, 15) is 5.11 Å². The number of rotatable bonds is 8. The zero-order valence-electron chi connectivity index (χ0n) is 12.0. The molecule has 0 aliphatic heterocycles. The molecule has 108 valence electrons. The average Bonchev–Trinajstić information content (AvgIpc) is 2.35. The Kier molecular flexibility index (Phi) is 6.28. The van der Waals surface area contributed by atoms with Gasteiger partial charge in [0.15, 0.2) is 0 Å². The Balaban J connectivity index is 2.32. The molecule has 0 aromatic heterocycles. The second-order valence-electron chi connectivity index (χ2n) is 5.47. The van der Waals surface area contributed by atoms with Crippen molar-refractivity contribution >= 4 is 0 Å². The second-order valence-corrected chi connectivity index (χ2v) is 5.47. The van der Waals surface area contributed by atoms with Crippen LogP contribution >= 0.6 is 0 Å². The molecule has 0 aliphatic rings. The molecule has 0 bridgehead atoms. The second kappa shape index (κ2) is 7.48. The van der Waals surface area contributed by atoms with E-state index in [2.05, 4.69) is 5.32 Å². The van der Waals surface area contributed by atoms with Gasteiger partial charge in [-0.1, -0.05) is 18.2 Å². The molecule has 1 aromatic rings. The summed E-state index contributed by atoms with van der Waals surface area (Å²) in [5.41, 5.74) is 0.876. The maximum atomic E-state index is 9.88. The Morgan fingerprint density at radius 3 is 2.63 bits per heavy atom. The molecule has 0 spiro atoms. The van der Waals surface area contributed by atoms with Crippen molar-refractivity contribution in [2.45, 2.75) is 38.8 Å². The standard InChI is InChI=1S/C15H25NO3/c1-12-6-4-5-7-14(12)19-11-13(18)10-16-15(2,3)8-9-17/h4-7,13,16-18H,8-11H2,1-3H3. The van der Waals surface area contributed by atoms with Gasteiger partial charge in [-0.25, -0.2) is 0 Å². The Hall–Kier alpha value is -1.10. The van der Waals surface area contributed by atoms with Crippen LogP contribution in [-0.2, 0) is 0 Å². The predicted octanol–water partition coefficient (Wildman–Crippen LogP) is 1.49. The SMILES string of the molecule is Cc1ccccc1OCC(O)CNC(C)(C)CCO. The van der Waals surface area contributed by atoms with Gasteiger partial charge in [0.25, 0.3) is 0 Å². The number of hydrogen-bond donors (Lipinski definition) is 3. The lowest BCUT2D eigenvalue weighted by Gasteiger charge is -2.27. The molecule has 1 rings (SSSR count). The number of aliphatic hydroxyl groups is 2. The minimum Gasteiger partial charge on any atom is -0.491 e. The van der Waals surface area contributed by atoms with E-state index >= 15 is 0 Å². The van der Waals surface area contributed by atoms with Gasteiger partial charge in [0.05, 0.1) is 0 Å². The highest BCUT2D eigenvalue weighted by Gasteiger charge is 2.17. The van der Waals surface area contributed by atoms with Gasteiger partial charge in [0.2, 0.25) is 0 Å². The van der Waals surface area contributed by atoms with E-state index in [1.807, 2.05) is 45.0 Å². The molecule has 4 nitrogen and oxygen atoms in total. The molecular formula is C15H25NO3. The first kappa shape index (κ1) is 16.0. The quantitative estimate of drug-likeness (QED) is 0.668. The number of benzene rings is 1. The topological polar surface area (TPSA) is 61.7 Å². The van der Waals surface area contributed by atoms with Gasteiger partial charge < -0.3 is 20.3 Å². The summed E-state index contributed by atoms with van der Waals surface area (Å²) >= 11 is 0. The van der Waals surface area contributed by atoms with Crippen LogP contribution in [0.5, 0.6) is 5.75 Å². The number of para-hydroxylation sites is 1. The fourth-order valence-electron chi connectivity index (χ4n) is 1.73. The maximum Gasteiger partial charge on any atom is 0.122 e. The third-order valence-electron chi connectivity index (χ3n) is 3.08. The summed E-state index contributed by atoms with van der Waals surface area (Å²) in [6.07, 6.45) is 0.0795. The molecule has 0 heterocycles. The number of ether oxygens (including phenoxy) is 1. The molecule has 0 radical (unpaired) electrons. The van der Waals surface area contributed by atoms with Crippen molar-refractivity contribution in [3.05, 3.63) is 29.8 Å². The molecule has 1 unspecified atom stereocenters. The average molecular weight is 267 g/mol. The molecule has 0 saturated heterocycles. The Labute approximate surface area is 115 Å². The molecule has 4 heteroatoms. The lowest BCUT2D eigenvalue weighted by Crippen LogP contribution is -2.45. The summed E-state index contributed by atoms with van der Waals surface area (Å²) in [4.78, 5) is 0. The normalized spacial score (nSPS) is 13.3. The highest BCUT2D eigenvalue weighted by molar-refractivity contribution is 5.31. The predicted molar refractivity (Wildman–Crippen MR) is 76.5 cm³/mol. The van der Waals surface area contributed by atoms with E-state index in [-0.39, 0.29) is 18.8 Å². The van der Waals surface area contributed by atoms with E-state index in [0.29, 0.717) is 13.0 Å². The highest BCUT2D eigenvalue weighted by atomic mass is 16.5. The van der Waals surface area contributed by atoms with Crippen LogP contribution in [0.3, 0.4) is 0 Å². The first-order chi connectivity index (χ1) is 8.94. The number of aliphatic hydroxyl groups excluding tert-OH is 2. The first-order valence-electron chi connectivity index (χ1n) is 6.67. The van der Waals surface area contributed by atoms with Crippen LogP contribution in [0.2, 0.25) is 0 Å². The number of hydrogen-bond acceptors (Lipinski definition) is 4. The van der Waals surface area contributed by atoms with Crippen molar-refractivity contribution in [3.8, 4) is 5.75 Å². The molecule has 0 fully saturated rings. The number of nitrogens with one attached hydrogen (secondary N) is 1. The summed E-state index contributed by atoms with van der Waals surface area (Å²) in [6.45, 7) is 6.81. The van der Waals surface area contributed by atoms with Gasteiger partial charge in [-0.05, 0) is 38.8 Å². The van der Waals surface area contributed by atoms with Gasteiger partial charge >= 0.3 is 0 Å². The van der Waals surface area contributed by atoms with E-state index in [0.717, 1.165) is 11.3 Å². The monoisotopic (exact) mass is 267 g/mol. The number of β-amino-alcohol motifs (C(OH)–C–C–N with tert-alkyl or cyclic N) is 1. The molecule has 19 heavy (non-hydrogen) atoms. The van der Waals surface area contributed by atoms with Crippen LogP contribution in [0, 0.1) is 6.92 Å². The van der Waals surface area contributed by atoms with Crippen molar-refractivity contribution < 1.29 is 14.9 Å². The van der Waals surface area contributed by atoms with Crippen molar-refractivity contribution in [2.75, 3.05) is 19.8 Å². The highest BCUT2D eigenvalue weighted by Crippen LogP contribution is 2.16. The van der Waals surface area contributed by atoms with Crippen LogP contribution in [0.4, 0.5) is 0 Å². The fourth-order valence-corrected chi connectivity index (χ4v) is 1.73. The maximum absolute atomic E-state index is 9.88. The summed E-state index contributed by atoms with van der Waals surface area (Å²) in [5.74, 6) is 0.802. The Bertz CT molecular complexity index is 379. The number of aryl methyl sites for hydroxylation is 1. The van der Waals surface area contributed by atoms with Crippen LogP contribution in [0.1, 0.15) is 25.8 Å². The molecule has 0 amide bonds. The molecule has 1 atom stereocenters. The van der Waals surface area contributed by atoms with E-state index < -0.39 is 6.10 Å². The smallest absolute Gasteiger partial charge is 0.122 e. The minimum absolute atomic E-state index is 0.135. The van der Waals surface area contributed by atoms with Crippen LogP contribution in [0.25, 0.3) is 0 Å². The summed E-state index contributed by atoms with van der Waals surface area (Å²) < 4.78 is 5.58. The molecule has 3 N–H and O–H groups in total. The van der Waals surface area contributed by atoms with Crippen molar-refractivity contribution in [2.24, 2.45) is 0 Å². The van der Waals surface area contributed by atoms with Gasteiger partial charge in [-0.3, -0.25) is 0 Å².